The molecule has 2 heterocycles. The van der Waals surface area contributed by atoms with Gasteiger partial charge in [-0.05, 0) is 47.6 Å². The molecule has 0 aromatic heterocycles. The van der Waals surface area contributed by atoms with Crippen molar-refractivity contribution >= 4 is 40.5 Å². The van der Waals surface area contributed by atoms with Crippen LogP contribution >= 0.6 is 23.8 Å². The summed E-state index contributed by atoms with van der Waals surface area (Å²) in [4.78, 5) is 16.6. The number of rotatable bonds is 3. The SMILES string of the molecule is COc1cc2c(cc1OC)CN1C(=S)N(c3ccccc3Cl)C(=O)C1C2. The standard InChI is InChI=1S/C19H17ClN2O3S/c1-24-16-8-11-7-15-18(23)22(14-6-4-3-5-13(14)20)19(26)21(15)10-12(11)9-17(16)25-2/h3-6,8-9,15H,7,10H2,1-2H3. The van der Waals surface area contributed by atoms with Crippen molar-refractivity contribution < 1.29 is 14.3 Å². The monoisotopic (exact) mass is 388 g/mol. The zero-order chi connectivity index (χ0) is 18.4. The minimum absolute atomic E-state index is 0.0523. The first-order valence-corrected chi connectivity index (χ1v) is 8.96. The highest BCUT2D eigenvalue weighted by Gasteiger charge is 2.46. The lowest BCUT2D eigenvalue weighted by molar-refractivity contribution is -0.119. The Hall–Kier alpha value is -2.31. The normalized spacial score (nSPS) is 18.7. The van der Waals surface area contributed by atoms with E-state index in [4.69, 9.17) is 33.3 Å². The Kier molecular flexibility index (Phi) is 4.25. The number of thiocarbonyl (C=S) groups is 1. The van der Waals surface area contributed by atoms with E-state index >= 15 is 0 Å². The van der Waals surface area contributed by atoms with Crippen LogP contribution in [-0.2, 0) is 17.8 Å². The fourth-order valence-corrected chi connectivity index (χ4v) is 4.16. The molecule has 2 aliphatic heterocycles. The molecule has 1 amide bonds. The van der Waals surface area contributed by atoms with Gasteiger partial charge in [-0.1, -0.05) is 23.7 Å². The molecule has 2 aromatic rings. The molecule has 5 nitrogen and oxygen atoms in total. The minimum atomic E-state index is -0.329. The fraction of sp³-hybridized carbons (Fsp3) is 0.263. The van der Waals surface area contributed by atoms with Crippen molar-refractivity contribution in [2.24, 2.45) is 0 Å². The molecular formula is C19H17ClN2O3S. The van der Waals surface area contributed by atoms with Crippen LogP contribution in [0.15, 0.2) is 36.4 Å². The van der Waals surface area contributed by atoms with E-state index < -0.39 is 0 Å². The van der Waals surface area contributed by atoms with Crippen LogP contribution in [0, 0.1) is 0 Å². The topological polar surface area (TPSA) is 42.0 Å². The Bertz CT molecular complexity index is 867. The van der Waals surface area contributed by atoms with Gasteiger partial charge in [-0.15, -0.1) is 0 Å². The number of carbonyl (C=O) groups is 1. The number of anilines is 1. The number of hydrogen-bond donors (Lipinski definition) is 0. The van der Waals surface area contributed by atoms with E-state index in [-0.39, 0.29) is 11.9 Å². The van der Waals surface area contributed by atoms with E-state index in [0.29, 0.717) is 40.3 Å². The van der Waals surface area contributed by atoms with Crippen LogP contribution in [0.5, 0.6) is 11.5 Å². The van der Waals surface area contributed by atoms with Gasteiger partial charge in [0.05, 0.1) is 24.9 Å². The second kappa shape index (κ2) is 6.45. The Labute approximate surface area is 162 Å². The highest BCUT2D eigenvalue weighted by atomic mass is 35.5. The number of hydrogen-bond acceptors (Lipinski definition) is 4. The Balaban J connectivity index is 1.73. The predicted molar refractivity (Wildman–Crippen MR) is 104 cm³/mol. The van der Waals surface area contributed by atoms with Crippen LogP contribution in [0.3, 0.4) is 0 Å². The number of methoxy groups -OCH3 is 2. The molecule has 0 N–H and O–H groups in total. The van der Waals surface area contributed by atoms with Gasteiger partial charge in [0.25, 0.3) is 5.91 Å². The summed E-state index contributed by atoms with van der Waals surface area (Å²) >= 11 is 11.9. The van der Waals surface area contributed by atoms with Crippen LogP contribution in [0.4, 0.5) is 5.69 Å². The van der Waals surface area contributed by atoms with Crippen LogP contribution in [-0.4, -0.2) is 36.2 Å². The lowest BCUT2D eigenvalue weighted by Gasteiger charge is -2.31. The van der Waals surface area contributed by atoms with Gasteiger partial charge < -0.3 is 14.4 Å². The zero-order valence-electron chi connectivity index (χ0n) is 14.4. The van der Waals surface area contributed by atoms with Crippen LogP contribution in [0.1, 0.15) is 11.1 Å². The summed E-state index contributed by atoms with van der Waals surface area (Å²) in [7, 11) is 3.22. The van der Waals surface area contributed by atoms with E-state index in [0.717, 1.165) is 11.1 Å². The fourth-order valence-electron chi connectivity index (χ4n) is 3.56. The van der Waals surface area contributed by atoms with Crippen molar-refractivity contribution in [3.63, 3.8) is 0 Å². The lowest BCUT2D eigenvalue weighted by Crippen LogP contribution is -2.40. The number of ether oxygens (including phenoxy) is 2. The number of para-hydroxylation sites is 1. The largest absolute Gasteiger partial charge is 0.493 e. The molecule has 4 rings (SSSR count). The lowest BCUT2D eigenvalue weighted by atomic mass is 9.94. The first-order chi connectivity index (χ1) is 12.5. The van der Waals surface area contributed by atoms with Gasteiger partial charge in [0.2, 0.25) is 0 Å². The average Bonchev–Trinajstić information content (AvgIpc) is 2.89. The van der Waals surface area contributed by atoms with E-state index in [9.17, 15) is 4.79 Å². The average molecular weight is 389 g/mol. The predicted octanol–water partition coefficient (Wildman–Crippen LogP) is 3.42. The first kappa shape index (κ1) is 17.1. The maximum Gasteiger partial charge on any atom is 0.256 e. The Morgan fingerprint density at radius 3 is 2.42 bits per heavy atom. The number of fused-ring (bicyclic) bond motifs is 2. The van der Waals surface area contributed by atoms with Crippen LogP contribution in [0.2, 0.25) is 5.02 Å². The third-order valence-electron chi connectivity index (χ3n) is 4.87. The smallest absolute Gasteiger partial charge is 0.256 e. The molecule has 1 saturated heterocycles. The quantitative estimate of drug-likeness (QED) is 0.754. The van der Waals surface area contributed by atoms with Crippen molar-refractivity contribution in [2.45, 2.75) is 19.0 Å². The van der Waals surface area contributed by atoms with Crippen molar-refractivity contribution in [3.05, 3.63) is 52.5 Å². The molecule has 7 heteroatoms. The highest BCUT2D eigenvalue weighted by Crippen LogP contribution is 2.39. The Morgan fingerprint density at radius 1 is 1.12 bits per heavy atom. The molecule has 0 saturated carbocycles. The van der Waals surface area contributed by atoms with Crippen molar-refractivity contribution in [1.82, 2.24) is 4.90 Å². The van der Waals surface area contributed by atoms with Gasteiger partial charge in [0, 0.05) is 13.0 Å². The molecule has 0 spiro atoms. The molecule has 2 aliphatic rings. The molecule has 2 aromatic carbocycles. The van der Waals surface area contributed by atoms with Crippen LogP contribution < -0.4 is 14.4 Å². The van der Waals surface area contributed by atoms with Gasteiger partial charge in [0.15, 0.2) is 16.6 Å². The zero-order valence-corrected chi connectivity index (χ0v) is 15.9. The summed E-state index contributed by atoms with van der Waals surface area (Å²) in [6.45, 7) is 0.548. The first-order valence-electron chi connectivity index (χ1n) is 8.18. The van der Waals surface area contributed by atoms with Gasteiger partial charge in [-0.25, -0.2) is 0 Å². The maximum absolute atomic E-state index is 13.1. The summed E-state index contributed by atoms with van der Waals surface area (Å²) in [6.07, 6.45) is 0.565. The molecule has 0 bridgehead atoms. The third kappa shape index (κ3) is 2.52. The van der Waals surface area contributed by atoms with Crippen molar-refractivity contribution in [1.29, 1.82) is 0 Å². The third-order valence-corrected chi connectivity index (χ3v) is 5.61. The van der Waals surface area contributed by atoms with Crippen molar-refractivity contribution in [2.75, 3.05) is 19.1 Å². The van der Waals surface area contributed by atoms with Gasteiger partial charge in [0.1, 0.15) is 6.04 Å². The Morgan fingerprint density at radius 2 is 1.77 bits per heavy atom. The van der Waals surface area contributed by atoms with E-state index in [1.807, 2.05) is 35.2 Å². The molecule has 0 aliphatic carbocycles. The molecule has 0 radical (unpaired) electrons. The maximum atomic E-state index is 13.1. The minimum Gasteiger partial charge on any atom is -0.493 e. The number of amides is 1. The van der Waals surface area contributed by atoms with Crippen LogP contribution in [0.25, 0.3) is 0 Å². The van der Waals surface area contributed by atoms with Gasteiger partial charge in [-0.2, -0.15) is 0 Å². The molecule has 1 unspecified atom stereocenters. The highest BCUT2D eigenvalue weighted by molar-refractivity contribution is 7.80. The number of carbonyl (C=O) groups excluding carboxylic acids is 1. The summed E-state index contributed by atoms with van der Waals surface area (Å²) in [5.74, 6) is 1.28. The molecule has 26 heavy (non-hydrogen) atoms. The summed E-state index contributed by atoms with van der Waals surface area (Å²) in [5, 5.41) is 0.984. The number of halogens is 1. The van der Waals surface area contributed by atoms with E-state index in [2.05, 4.69) is 0 Å². The molecule has 134 valence electrons. The van der Waals surface area contributed by atoms with Gasteiger partial charge >= 0.3 is 0 Å². The number of nitrogens with zero attached hydrogens (tertiary/aromatic N) is 2. The summed E-state index contributed by atoms with van der Waals surface area (Å²) in [5.41, 5.74) is 2.77. The molecule has 1 fully saturated rings. The van der Waals surface area contributed by atoms with E-state index in [1.165, 1.54) is 0 Å². The van der Waals surface area contributed by atoms with E-state index in [1.54, 1.807) is 25.2 Å². The molecular weight excluding hydrogens is 372 g/mol. The van der Waals surface area contributed by atoms with Crippen molar-refractivity contribution in [3.8, 4) is 11.5 Å². The second-order valence-electron chi connectivity index (χ2n) is 6.23. The summed E-state index contributed by atoms with van der Waals surface area (Å²) < 4.78 is 10.8. The summed E-state index contributed by atoms with van der Waals surface area (Å²) in [6, 6.07) is 10.8. The second-order valence-corrected chi connectivity index (χ2v) is 7.00. The number of benzene rings is 2. The molecule has 1 atom stereocenters. The van der Waals surface area contributed by atoms with Gasteiger partial charge in [-0.3, -0.25) is 9.69 Å².